The Balaban J connectivity index is 1.37. The van der Waals surface area contributed by atoms with E-state index in [1.54, 1.807) is 30.3 Å². The molecule has 3 aromatic rings. The van der Waals surface area contributed by atoms with Gasteiger partial charge in [-0.05, 0) is 42.5 Å². The van der Waals surface area contributed by atoms with Gasteiger partial charge < -0.3 is 14.8 Å². The fraction of sp³-hybridized carbons (Fsp3) is 0.167. The molecule has 35 heavy (non-hydrogen) atoms. The lowest BCUT2D eigenvalue weighted by atomic mass is 10.2. The van der Waals surface area contributed by atoms with Crippen LogP contribution in [-0.2, 0) is 11.0 Å². The summed E-state index contributed by atoms with van der Waals surface area (Å²) in [5.41, 5.74) is 0.226. The Morgan fingerprint density at radius 1 is 1.11 bits per heavy atom. The van der Waals surface area contributed by atoms with E-state index in [1.165, 1.54) is 36.8 Å². The lowest BCUT2D eigenvalue weighted by Crippen LogP contribution is -2.18. The van der Waals surface area contributed by atoms with Crippen LogP contribution in [0.5, 0.6) is 11.5 Å². The molecular weight excluding hydrogens is 463 g/mol. The number of rotatable bonds is 4. The molecule has 11 heteroatoms. The third-order valence-corrected chi connectivity index (χ3v) is 5.22. The summed E-state index contributed by atoms with van der Waals surface area (Å²) in [6, 6.07) is 9.17. The molecule has 0 aliphatic carbocycles. The Bertz CT molecular complexity index is 1350. The highest BCUT2D eigenvalue weighted by Crippen LogP contribution is 2.35. The van der Waals surface area contributed by atoms with E-state index in [-0.39, 0.29) is 11.3 Å². The number of fused-ring (bicyclic) bond motifs is 1. The molecule has 4 heterocycles. The number of aromatic nitrogens is 3. The van der Waals surface area contributed by atoms with Crippen LogP contribution in [0.1, 0.15) is 11.9 Å². The monoisotopic (exact) mass is 481 g/mol. The van der Waals surface area contributed by atoms with E-state index in [2.05, 4.69) is 20.4 Å². The predicted molar refractivity (Wildman–Crippen MR) is 121 cm³/mol. The van der Waals surface area contributed by atoms with Crippen molar-refractivity contribution in [3.63, 3.8) is 0 Å². The highest BCUT2D eigenvalue weighted by molar-refractivity contribution is 6.18. The van der Waals surface area contributed by atoms with Gasteiger partial charge in [-0.15, -0.1) is 0 Å². The average Bonchev–Trinajstić information content (AvgIpc) is 3.17. The molecule has 0 radical (unpaired) electrons. The number of nitrogens with one attached hydrogen (secondary N) is 1. The van der Waals surface area contributed by atoms with Crippen molar-refractivity contribution in [3.8, 4) is 22.8 Å². The zero-order valence-corrected chi connectivity index (χ0v) is 18.1. The van der Waals surface area contributed by atoms with Crippen LogP contribution in [0.4, 0.5) is 18.9 Å². The summed E-state index contributed by atoms with van der Waals surface area (Å²) in [7, 11) is 0. The van der Waals surface area contributed by atoms with Crippen molar-refractivity contribution in [1.29, 1.82) is 0 Å². The Kier molecular flexibility index (Phi) is 5.81. The zero-order chi connectivity index (χ0) is 24.4. The highest BCUT2D eigenvalue weighted by Gasteiger charge is 2.37. The summed E-state index contributed by atoms with van der Waals surface area (Å²) >= 11 is 0. The van der Waals surface area contributed by atoms with Crippen LogP contribution in [0, 0.1) is 0 Å². The molecule has 1 unspecified atom stereocenters. The van der Waals surface area contributed by atoms with E-state index in [0.29, 0.717) is 36.0 Å². The van der Waals surface area contributed by atoms with Crippen LogP contribution in [0.2, 0.25) is 0 Å². The Hall–Kier alpha value is -4.41. The third-order valence-electron chi connectivity index (χ3n) is 5.22. The summed E-state index contributed by atoms with van der Waals surface area (Å²) < 4.78 is 53.0. The molecule has 1 aromatic carbocycles. The maximum Gasteiger partial charge on any atom is 0.433 e. The van der Waals surface area contributed by atoms with Crippen molar-refractivity contribution in [2.45, 2.75) is 12.3 Å². The van der Waals surface area contributed by atoms with Gasteiger partial charge in [0.2, 0.25) is 0 Å². The first kappa shape index (κ1) is 22.4. The van der Waals surface area contributed by atoms with Gasteiger partial charge >= 0.3 is 6.18 Å². The first-order valence-corrected chi connectivity index (χ1v) is 10.6. The number of allylic oxidation sites excluding steroid dienone is 2. The Morgan fingerprint density at radius 2 is 1.94 bits per heavy atom. The molecule has 2 aliphatic rings. The van der Waals surface area contributed by atoms with Crippen LogP contribution in [-0.4, -0.2) is 40.1 Å². The van der Waals surface area contributed by atoms with E-state index in [4.69, 9.17) is 9.47 Å². The second-order valence-electron chi connectivity index (χ2n) is 7.61. The largest absolute Gasteiger partial charge is 0.486 e. The number of benzene rings is 1. The van der Waals surface area contributed by atoms with Crippen LogP contribution in [0.15, 0.2) is 77.6 Å². The molecule has 2 aromatic heterocycles. The number of ether oxygens (including phenoxy) is 2. The van der Waals surface area contributed by atoms with Crippen LogP contribution in [0.25, 0.3) is 11.3 Å². The molecule has 0 saturated heterocycles. The van der Waals surface area contributed by atoms with Crippen molar-refractivity contribution in [3.05, 3.63) is 78.3 Å². The summed E-state index contributed by atoms with van der Waals surface area (Å²) in [6.07, 6.45) is 2.79. The van der Waals surface area contributed by atoms with Crippen molar-refractivity contribution in [2.24, 2.45) is 4.99 Å². The van der Waals surface area contributed by atoms with Gasteiger partial charge in [-0.25, -0.2) is 4.68 Å². The van der Waals surface area contributed by atoms with Crippen molar-refractivity contribution in [2.75, 3.05) is 18.5 Å². The first-order chi connectivity index (χ1) is 16.9. The smallest absolute Gasteiger partial charge is 0.433 e. The number of nitrogens with zero attached hydrogens (tertiary/aromatic N) is 4. The molecule has 1 amide bonds. The van der Waals surface area contributed by atoms with Gasteiger partial charge in [-0.1, -0.05) is 6.08 Å². The van der Waals surface area contributed by atoms with E-state index < -0.39 is 23.9 Å². The zero-order valence-electron chi connectivity index (χ0n) is 18.1. The lowest BCUT2D eigenvalue weighted by molar-refractivity contribution is -0.144. The third kappa shape index (κ3) is 4.79. The number of halogens is 3. The minimum absolute atomic E-state index is 0.114. The van der Waals surface area contributed by atoms with Crippen molar-refractivity contribution < 1.29 is 27.4 Å². The quantitative estimate of drug-likeness (QED) is 0.595. The van der Waals surface area contributed by atoms with Gasteiger partial charge in [0.1, 0.15) is 18.9 Å². The van der Waals surface area contributed by atoms with Gasteiger partial charge in [0.05, 0.1) is 11.3 Å². The van der Waals surface area contributed by atoms with Crippen LogP contribution >= 0.6 is 0 Å². The molecular formula is C24H18F3N5O3. The second-order valence-corrected chi connectivity index (χ2v) is 7.61. The molecule has 0 spiro atoms. The molecule has 0 fully saturated rings. The first-order valence-electron chi connectivity index (χ1n) is 10.6. The number of aliphatic imine (C=N–C) groups is 1. The summed E-state index contributed by atoms with van der Waals surface area (Å²) in [5.74, 6) is 0.615. The molecule has 178 valence electrons. The Labute approximate surface area is 197 Å². The summed E-state index contributed by atoms with van der Waals surface area (Å²) in [6.45, 7) is 0.857. The normalized spacial score (nSPS) is 17.0. The van der Waals surface area contributed by atoms with E-state index >= 15 is 0 Å². The molecule has 1 N–H and O–H groups in total. The maximum atomic E-state index is 13.8. The fourth-order valence-corrected chi connectivity index (χ4v) is 3.57. The standard InChI is InChI=1S/C24H18F3N5O3/c25-24(26,27)21-12-18(15-4-2-8-28-13-15)31-32(21)22-5-1-3-16(14-29-22)23(33)30-17-6-7-19-20(11-17)35-10-9-34-19/h1-8,11-14,22H,9-10H2,(H,30,33). The van der Waals surface area contributed by atoms with Crippen molar-refractivity contribution >= 4 is 17.8 Å². The molecule has 0 bridgehead atoms. The Morgan fingerprint density at radius 3 is 2.71 bits per heavy atom. The number of alkyl halides is 3. The number of carbonyl (C=O) groups is 1. The average molecular weight is 481 g/mol. The molecule has 1 atom stereocenters. The fourth-order valence-electron chi connectivity index (χ4n) is 3.57. The topological polar surface area (TPSA) is 90.6 Å². The maximum absolute atomic E-state index is 13.8. The van der Waals surface area contributed by atoms with Gasteiger partial charge in [-0.2, -0.15) is 18.3 Å². The number of hydrogen-bond donors (Lipinski definition) is 1. The van der Waals surface area contributed by atoms with Crippen LogP contribution in [0.3, 0.4) is 0 Å². The number of amides is 1. The number of hydrogen-bond acceptors (Lipinski definition) is 6. The van der Waals surface area contributed by atoms with Gasteiger partial charge in [-0.3, -0.25) is 14.8 Å². The number of pyridine rings is 1. The highest BCUT2D eigenvalue weighted by atomic mass is 19.4. The van der Waals surface area contributed by atoms with E-state index in [1.807, 2.05) is 0 Å². The SMILES string of the molecule is O=C(Nc1ccc2c(c1)OCCO2)C1=CC=CC(n2nc(-c3cccnc3)cc2C(F)(F)F)N=C1. The molecule has 8 nitrogen and oxygen atoms in total. The summed E-state index contributed by atoms with van der Waals surface area (Å²) in [5, 5.41) is 6.86. The number of carbonyl (C=O) groups excluding carboxylic acids is 1. The van der Waals surface area contributed by atoms with Gasteiger partial charge in [0, 0.05) is 35.9 Å². The molecule has 2 aliphatic heterocycles. The van der Waals surface area contributed by atoms with Crippen molar-refractivity contribution in [1.82, 2.24) is 14.8 Å². The predicted octanol–water partition coefficient (Wildman–Crippen LogP) is 4.44. The van der Waals surface area contributed by atoms with Gasteiger partial charge in [0.15, 0.2) is 17.7 Å². The van der Waals surface area contributed by atoms with Gasteiger partial charge in [0.25, 0.3) is 5.91 Å². The van der Waals surface area contributed by atoms with Crippen LogP contribution < -0.4 is 14.8 Å². The molecule has 0 saturated carbocycles. The molecule has 5 rings (SSSR count). The second kappa shape index (κ2) is 9.09. The number of anilines is 1. The lowest BCUT2D eigenvalue weighted by Gasteiger charge is -2.19. The minimum Gasteiger partial charge on any atom is -0.486 e. The summed E-state index contributed by atoms with van der Waals surface area (Å²) in [4.78, 5) is 20.9. The van der Waals surface area contributed by atoms with E-state index in [9.17, 15) is 18.0 Å². The van der Waals surface area contributed by atoms with E-state index in [0.717, 1.165) is 10.7 Å². The minimum atomic E-state index is -4.66.